The highest BCUT2D eigenvalue weighted by atomic mass is 16.3. The standard InChI is InChI=1S/C15H26O2/c1-13(2,16)12-8-7-11-6-5-9-15(4,17)14(11,3)10-12/h7,12,16-17H,5-6,8-10H2,1-4H3/t12-,14+,15+/m0/s1. The summed E-state index contributed by atoms with van der Waals surface area (Å²) in [5, 5.41) is 20.9. The lowest BCUT2D eigenvalue weighted by atomic mass is 9.55. The Hall–Kier alpha value is -0.340. The molecule has 0 radical (unpaired) electrons. The lowest BCUT2D eigenvalue weighted by molar-refractivity contribution is -0.0971. The molecule has 1 saturated carbocycles. The van der Waals surface area contributed by atoms with E-state index in [1.165, 1.54) is 5.57 Å². The van der Waals surface area contributed by atoms with Crippen LogP contribution < -0.4 is 0 Å². The fourth-order valence-corrected chi connectivity index (χ4v) is 3.60. The van der Waals surface area contributed by atoms with Gasteiger partial charge in [0.1, 0.15) is 0 Å². The third-order valence-electron chi connectivity index (χ3n) is 5.31. The van der Waals surface area contributed by atoms with Crippen molar-refractivity contribution in [2.45, 2.75) is 71.0 Å². The van der Waals surface area contributed by atoms with Crippen LogP contribution in [0.15, 0.2) is 11.6 Å². The summed E-state index contributed by atoms with van der Waals surface area (Å²) in [6, 6.07) is 0. The summed E-state index contributed by atoms with van der Waals surface area (Å²) in [7, 11) is 0. The quantitative estimate of drug-likeness (QED) is 0.689. The average Bonchev–Trinajstić information content (AvgIpc) is 2.17. The van der Waals surface area contributed by atoms with Crippen molar-refractivity contribution >= 4 is 0 Å². The van der Waals surface area contributed by atoms with E-state index < -0.39 is 11.2 Å². The van der Waals surface area contributed by atoms with Gasteiger partial charge in [-0.15, -0.1) is 0 Å². The smallest absolute Gasteiger partial charge is 0.0710 e. The molecular weight excluding hydrogens is 212 g/mol. The van der Waals surface area contributed by atoms with Crippen LogP contribution >= 0.6 is 0 Å². The number of hydrogen-bond donors (Lipinski definition) is 2. The first kappa shape index (κ1) is 13.1. The van der Waals surface area contributed by atoms with Crippen LogP contribution in [0.4, 0.5) is 0 Å². The number of allylic oxidation sites excluding steroid dienone is 1. The summed E-state index contributed by atoms with van der Waals surface area (Å²) in [5.74, 6) is 0.251. The molecule has 0 bridgehead atoms. The first-order valence-electron chi connectivity index (χ1n) is 6.81. The van der Waals surface area contributed by atoms with Crippen molar-refractivity contribution in [3.8, 4) is 0 Å². The maximum Gasteiger partial charge on any atom is 0.0710 e. The molecule has 0 saturated heterocycles. The maximum atomic E-state index is 10.7. The molecule has 3 atom stereocenters. The van der Waals surface area contributed by atoms with E-state index in [-0.39, 0.29) is 11.3 Å². The molecule has 2 heteroatoms. The molecule has 1 fully saturated rings. The van der Waals surface area contributed by atoms with Crippen LogP contribution in [0.1, 0.15) is 59.8 Å². The van der Waals surface area contributed by atoms with Crippen molar-refractivity contribution in [1.82, 2.24) is 0 Å². The van der Waals surface area contributed by atoms with Gasteiger partial charge in [0.15, 0.2) is 0 Å². The van der Waals surface area contributed by atoms with Gasteiger partial charge < -0.3 is 10.2 Å². The van der Waals surface area contributed by atoms with E-state index in [0.717, 1.165) is 32.1 Å². The van der Waals surface area contributed by atoms with Gasteiger partial charge in [-0.2, -0.15) is 0 Å². The second-order valence-corrected chi connectivity index (χ2v) is 6.98. The fourth-order valence-electron chi connectivity index (χ4n) is 3.60. The Balaban J connectivity index is 2.33. The van der Waals surface area contributed by atoms with E-state index in [2.05, 4.69) is 13.0 Å². The Morgan fingerprint density at radius 1 is 1.35 bits per heavy atom. The lowest BCUT2D eigenvalue weighted by Gasteiger charge is -2.53. The zero-order chi connectivity index (χ0) is 12.9. The van der Waals surface area contributed by atoms with Gasteiger partial charge >= 0.3 is 0 Å². The van der Waals surface area contributed by atoms with Gasteiger partial charge in [-0.1, -0.05) is 18.6 Å². The number of aliphatic hydroxyl groups is 2. The topological polar surface area (TPSA) is 40.5 Å². The minimum Gasteiger partial charge on any atom is -0.390 e. The minimum atomic E-state index is -0.654. The van der Waals surface area contributed by atoms with Crippen molar-refractivity contribution < 1.29 is 10.2 Å². The molecule has 0 aromatic carbocycles. The van der Waals surface area contributed by atoms with Gasteiger partial charge in [-0.25, -0.2) is 0 Å². The van der Waals surface area contributed by atoms with Gasteiger partial charge in [0.05, 0.1) is 11.2 Å². The van der Waals surface area contributed by atoms with Crippen LogP contribution in [-0.4, -0.2) is 21.4 Å². The van der Waals surface area contributed by atoms with Crippen molar-refractivity contribution in [3.05, 3.63) is 11.6 Å². The molecule has 0 amide bonds. The van der Waals surface area contributed by atoms with Crippen LogP contribution in [0.25, 0.3) is 0 Å². The van der Waals surface area contributed by atoms with E-state index in [1.807, 2.05) is 20.8 Å². The molecule has 0 heterocycles. The molecule has 0 unspecified atom stereocenters. The molecule has 0 aromatic rings. The molecule has 2 aliphatic rings. The minimum absolute atomic E-state index is 0.145. The molecule has 98 valence electrons. The number of fused-ring (bicyclic) bond motifs is 1. The Bertz CT molecular complexity index is 335. The molecule has 0 spiro atoms. The van der Waals surface area contributed by atoms with Crippen molar-refractivity contribution in [2.75, 3.05) is 0 Å². The molecule has 2 N–H and O–H groups in total. The van der Waals surface area contributed by atoms with E-state index in [9.17, 15) is 10.2 Å². The summed E-state index contributed by atoms with van der Waals surface area (Å²) in [6.07, 6.45) is 7.20. The predicted octanol–water partition coefficient (Wildman–Crippen LogP) is 3.03. The Morgan fingerprint density at radius 3 is 2.59 bits per heavy atom. The van der Waals surface area contributed by atoms with Crippen LogP contribution in [0.3, 0.4) is 0 Å². The summed E-state index contributed by atoms with van der Waals surface area (Å²) < 4.78 is 0. The maximum absolute atomic E-state index is 10.7. The second kappa shape index (κ2) is 3.83. The van der Waals surface area contributed by atoms with Crippen molar-refractivity contribution in [1.29, 1.82) is 0 Å². The predicted molar refractivity (Wildman–Crippen MR) is 69.7 cm³/mol. The van der Waals surface area contributed by atoms with Gasteiger partial charge in [0.25, 0.3) is 0 Å². The third kappa shape index (κ3) is 2.06. The SMILES string of the molecule is CC(C)(O)[C@H]1CC=C2CCC[C@@](C)(O)[C@]2(C)C1. The first-order valence-corrected chi connectivity index (χ1v) is 6.81. The van der Waals surface area contributed by atoms with Crippen LogP contribution in [0.2, 0.25) is 0 Å². The third-order valence-corrected chi connectivity index (χ3v) is 5.31. The monoisotopic (exact) mass is 238 g/mol. The molecule has 2 aliphatic carbocycles. The normalized spacial score (nSPS) is 42.9. The largest absolute Gasteiger partial charge is 0.390 e. The van der Waals surface area contributed by atoms with Gasteiger partial charge in [-0.3, -0.25) is 0 Å². The van der Waals surface area contributed by atoms with Crippen molar-refractivity contribution in [3.63, 3.8) is 0 Å². The molecular formula is C15H26O2. The summed E-state index contributed by atoms with van der Waals surface area (Å²) in [4.78, 5) is 0. The van der Waals surface area contributed by atoms with E-state index in [0.29, 0.717) is 0 Å². The zero-order valence-electron chi connectivity index (χ0n) is 11.6. The number of hydrogen-bond acceptors (Lipinski definition) is 2. The Morgan fingerprint density at radius 2 is 2.00 bits per heavy atom. The van der Waals surface area contributed by atoms with Crippen LogP contribution in [-0.2, 0) is 0 Å². The molecule has 17 heavy (non-hydrogen) atoms. The molecule has 0 aliphatic heterocycles. The Kier molecular flexibility index (Phi) is 2.95. The summed E-state index contributed by atoms with van der Waals surface area (Å²) in [5.41, 5.74) is -0.0115. The fraction of sp³-hybridized carbons (Fsp3) is 0.867. The Labute approximate surface area is 105 Å². The van der Waals surface area contributed by atoms with Crippen LogP contribution in [0, 0.1) is 11.3 Å². The summed E-state index contributed by atoms with van der Waals surface area (Å²) >= 11 is 0. The number of rotatable bonds is 1. The highest BCUT2D eigenvalue weighted by Crippen LogP contribution is 2.55. The highest BCUT2D eigenvalue weighted by Gasteiger charge is 2.51. The van der Waals surface area contributed by atoms with Crippen LogP contribution in [0.5, 0.6) is 0 Å². The average molecular weight is 238 g/mol. The lowest BCUT2D eigenvalue weighted by Crippen LogP contribution is -2.52. The zero-order valence-corrected chi connectivity index (χ0v) is 11.6. The van der Waals surface area contributed by atoms with Gasteiger partial charge in [-0.05, 0) is 58.8 Å². The van der Waals surface area contributed by atoms with E-state index in [1.54, 1.807) is 0 Å². The first-order chi connectivity index (χ1) is 7.67. The highest BCUT2D eigenvalue weighted by molar-refractivity contribution is 5.26. The van der Waals surface area contributed by atoms with Gasteiger partial charge in [0, 0.05) is 5.41 Å². The summed E-state index contributed by atoms with van der Waals surface area (Å²) in [6.45, 7) is 7.91. The van der Waals surface area contributed by atoms with Gasteiger partial charge in [0.2, 0.25) is 0 Å². The second-order valence-electron chi connectivity index (χ2n) is 6.98. The molecule has 2 nitrogen and oxygen atoms in total. The van der Waals surface area contributed by atoms with E-state index >= 15 is 0 Å². The molecule has 0 aromatic heterocycles. The van der Waals surface area contributed by atoms with Crippen molar-refractivity contribution in [2.24, 2.45) is 11.3 Å². The molecule has 2 rings (SSSR count). The van der Waals surface area contributed by atoms with E-state index in [4.69, 9.17) is 0 Å².